The van der Waals surface area contributed by atoms with Crippen molar-refractivity contribution in [1.82, 2.24) is 29.2 Å². The molecule has 5 rings (SSSR count). The van der Waals surface area contributed by atoms with Gasteiger partial charge in [-0.15, -0.1) is 0 Å². The first-order valence-corrected chi connectivity index (χ1v) is 9.41. The quantitative estimate of drug-likeness (QED) is 0.436. The molecule has 0 radical (unpaired) electrons. The van der Waals surface area contributed by atoms with Crippen LogP contribution in [0.3, 0.4) is 0 Å². The first-order valence-electron chi connectivity index (χ1n) is 9.41. The summed E-state index contributed by atoms with van der Waals surface area (Å²) in [6, 6.07) is 10.4. The fourth-order valence-electron chi connectivity index (χ4n) is 3.37. The number of aromatic amines is 1. The number of hydrogen-bond acceptors (Lipinski definition) is 6. The van der Waals surface area contributed by atoms with Gasteiger partial charge in [-0.25, -0.2) is 18.7 Å². The second kappa shape index (κ2) is 7.17. The molecule has 0 bridgehead atoms. The Bertz CT molecular complexity index is 1530. The molecule has 0 saturated heterocycles. The first-order chi connectivity index (χ1) is 15.0. The lowest BCUT2D eigenvalue weighted by Crippen LogP contribution is -2.15. The fraction of sp³-hybridized carbons (Fsp3) is 0.0952. The maximum absolute atomic E-state index is 14.6. The van der Waals surface area contributed by atoms with E-state index in [-0.39, 0.29) is 18.1 Å². The number of hydrogen-bond donors (Lipinski definition) is 2. The number of H-pyrrole nitrogens is 1. The van der Waals surface area contributed by atoms with Crippen molar-refractivity contribution >= 4 is 22.3 Å². The Labute approximate surface area is 174 Å². The summed E-state index contributed by atoms with van der Waals surface area (Å²) in [7, 11) is 0. The predicted molar refractivity (Wildman–Crippen MR) is 112 cm³/mol. The van der Waals surface area contributed by atoms with Gasteiger partial charge >= 0.3 is 5.69 Å². The summed E-state index contributed by atoms with van der Waals surface area (Å²) in [5.41, 5.74) is 2.79. The smallest absolute Gasteiger partial charge is 0.349 e. The molecule has 10 heteroatoms. The highest BCUT2D eigenvalue weighted by atomic mass is 19.1. The normalized spacial score (nSPS) is 12.1. The number of nitrogens with zero attached hydrogens (tertiary/aromatic N) is 6. The Hall–Kier alpha value is -4.34. The topological polar surface area (TPSA) is 113 Å². The van der Waals surface area contributed by atoms with E-state index in [1.54, 1.807) is 42.0 Å². The average Bonchev–Trinajstić information content (AvgIpc) is 3.30. The minimum absolute atomic E-state index is 0.283. The largest absolute Gasteiger partial charge is 0.493 e. The number of benzene rings is 1. The molecule has 0 unspecified atom stereocenters. The third-order valence-electron chi connectivity index (χ3n) is 4.89. The molecule has 154 valence electrons. The standard InChI is InChI=1S/C21H16FN7O2/c1-12(26-28-11-20(30)25-21(28)31)17-4-5-19-24-10-15(29(19)27-17)8-14-7-13-3-2-6-23-18(13)9-16(14)22/h2-7,9-11,30H,8H2,1H3,(H,25,31). The SMILES string of the molecule is CC(=Nn1cc(O)[nH]c1=O)c1ccc2ncc(Cc3cc4cccnc4cc3F)n2n1. The molecule has 0 saturated carbocycles. The Morgan fingerprint density at radius 3 is 2.94 bits per heavy atom. The first kappa shape index (κ1) is 18.7. The summed E-state index contributed by atoms with van der Waals surface area (Å²) in [4.78, 5) is 22.5. The lowest BCUT2D eigenvalue weighted by Gasteiger charge is -2.07. The zero-order chi connectivity index (χ0) is 21.5. The van der Waals surface area contributed by atoms with E-state index in [9.17, 15) is 14.3 Å². The zero-order valence-corrected chi connectivity index (χ0v) is 16.3. The van der Waals surface area contributed by atoms with Crippen molar-refractivity contribution < 1.29 is 9.50 Å². The molecule has 0 amide bonds. The van der Waals surface area contributed by atoms with E-state index < -0.39 is 5.69 Å². The number of aromatic hydroxyl groups is 1. The van der Waals surface area contributed by atoms with Crippen LogP contribution in [0.2, 0.25) is 0 Å². The molecule has 0 aliphatic heterocycles. The van der Waals surface area contributed by atoms with Crippen LogP contribution in [-0.4, -0.2) is 40.1 Å². The van der Waals surface area contributed by atoms with Crippen molar-refractivity contribution in [1.29, 1.82) is 0 Å². The number of imidazole rings is 2. The highest BCUT2D eigenvalue weighted by Crippen LogP contribution is 2.20. The fourth-order valence-corrected chi connectivity index (χ4v) is 3.37. The van der Waals surface area contributed by atoms with Crippen LogP contribution in [0, 0.1) is 5.82 Å². The Kier molecular flexibility index (Phi) is 4.32. The zero-order valence-electron chi connectivity index (χ0n) is 16.3. The van der Waals surface area contributed by atoms with Crippen LogP contribution < -0.4 is 5.69 Å². The van der Waals surface area contributed by atoms with Crippen molar-refractivity contribution in [2.45, 2.75) is 13.3 Å². The summed E-state index contributed by atoms with van der Waals surface area (Å²) < 4.78 is 17.2. The van der Waals surface area contributed by atoms with Gasteiger partial charge in [0.05, 0.1) is 29.3 Å². The van der Waals surface area contributed by atoms with E-state index in [1.807, 2.05) is 12.1 Å². The van der Waals surface area contributed by atoms with E-state index >= 15 is 0 Å². The van der Waals surface area contributed by atoms with E-state index in [4.69, 9.17) is 0 Å². The number of halogens is 1. The third kappa shape index (κ3) is 3.44. The summed E-state index contributed by atoms with van der Waals surface area (Å²) in [5, 5.41) is 19.0. The Morgan fingerprint density at radius 2 is 2.13 bits per heavy atom. The van der Waals surface area contributed by atoms with Gasteiger partial charge in [0.25, 0.3) is 0 Å². The Balaban J connectivity index is 1.53. The maximum atomic E-state index is 14.6. The van der Waals surface area contributed by atoms with Crippen LogP contribution in [0.5, 0.6) is 5.88 Å². The average molecular weight is 417 g/mol. The number of aromatic nitrogens is 6. The summed E-state index contributed by atoms with van der Waals surface area (Å²) in [5.74, 6) is -0.629. The van der Waals surface area contributed by atoms with Crippen LogP contribution in [0.4, 0.5) is 4.39 Å². The van der Waals surface area contributed by atoms with Crippen LogP contribution in [0.15, 0.2) is 64.9 Å². The molecule has 1 aromatic carbocycles. The van der Waals surface area contributed by atoms with Gasteiger partial charge in [0.2, 0.25) is 5.88 Å². The number of rotatable bonds is 4. The molecule has 4 heterocycles. The van der Waals surface area contributed by atoms with Gasteiger partial charge in [0, 0.05) is 24.1 Å². The highest BCUT2D eigenvalue weighted by Gasteiger charge is 2.12. The van der Waals surface area contributed by atoms with Crippen LogP contribution in [0.1, 0.15) is 23.9 Å². The molecular formula is C21H16FN7O2. The van der Waals surface area contributed by atoms with Crippen LogP contribution in [0.25, 0.3) is 16.6 Å². The van der Waals surface area contributed by atoms with Crippen molar-refractivity contribution in [2.24, 2.45) is 5.10 Å². The van der Waals surface area contributed by atoms with E-state index in [0.29, 0.717) is 33.8 Å². The summed E-state index contributed by atoms with van der Waals surface area (Å²) >= 11 is 0. The van der Waals surface area contributed by atoms with Crippen molar-refractivity contribution in [3.05, 3.63) is 88.2 Å². The minimum Gasteiger partial charge on any atom is -0.493 e. The van der Waals surface area contributed by atoms with Gasteiger partial charge in [-0.3, -0.25) is 9.97 Å². The van der Waals surface area contributed by atoms with Gasteiger partial charge in [0.15, 0.2) is 5.65 Å². The number of fused-ring (bicyclic) bond motifs is 2. The van der Waals surface area contributed by atoms with Gasteiger partial charge in [-0.1, -0.05) is 6.07 Å². The minimum atomic E-state index is -0.567. The summed E-state index contributed by atoms with van der Waals surface area (Å²) in [6.45, 7) is 1.69. The molecule has 0 spiro atoms. The molecular weight excluding hydrogens is 401 g/mol. The van der Waals surface area contributed by atoms with Gasteiger partial charge in [-0.05, 0) is 36.8 Å². The second-order valence-electron chi connectivity index (χ2n) is 7.03. The lowest BCUT2D eigenvalue weighted by atomic mass is 10.1. The maximum Gasteiger partial charge on any atom is 0.349 e. The second-order valence-corrected chi connectivity index (χ2v) is 7.03. The highest BCUT2D eigenvalue weighted by molar-refractivity contribution is 5.96. The van der Waals surface area contributed by atoms with E-state index in [1.165, 1.54) is 12.3 Å². The number of nitrogens with one attached hydrogen (secondary N) is 1. The van der Waals surface area contributed by atoms with Crippen molar-refractivity contribution in [2.75, 3.05) is 0 Å². The predicted octanol–water partition coefficient (Wildman–Crippen LogP) is 2.48. The molecule has 9 nitrogen and oxygen atoms in total. The van der Waals surface area contributed by atoms with Gasteiger partial charge in [-0.2, -0.15) is 14.9 Å². The molecule has 0 aliphatic carbocycles. The van der Waals surface area contributed by atoms with E-state index in [0.717, 1.165) is 10.1 Å². The van der Waals surface area contributed by atoms with Crippen LogP contribution >= 0.6 is 0 Å². The molecule has 0 atom stereocenters. The van der Waals surface area contributed by atoms with Crippen LogP contribution in [-0.2, 0) is 6.42 Å². The third-order valence-corrected chi connectivity index (χ3v) is 4.89. The molecule has 5 aromatic rings. The number of pyridine rings is 1. The molecule has 4 aromatic heterocycles. The van der Waals surface area contributed by atoms with Crippen molar-refractivity contribution in [3.8, 4) is 5.88 Å². The molecule has 2 N–H and O–H groups in total. The van der Waals surface area contributed by atoms with Crippen molar-refractivity contribution in [3.63, 3.8) is 0 Å². The Morgan fingerprint density at radius 1 is 1.26 bits per heavy atom. The van der Waals surface area contributed by atoms with Gasteiger partial charge < -0.3 is 5.11 Å². The lowest BCUT2D eigenvalue weighted by molar-refractivity contribution is 0.455. The molecule has 0 aliphatic rings. The van der Waals surface area contributed by atoms with Gasteiger partial charge in [0.1, 0.15) is 11.5 Å². The summed E-state index contributed by atoms with van der Waals surface area (Å²) in [6.07, 6.45) is 4.74. The monoisotopic (exact) mass is 417 g/mol. The molecule has 0 fully saturated rings. The molecule has 31 heavy (non-hydrogen) atoms. The van der Waals surface area contributed by atoms with E-state index in [2.05, 4.69) is 25.2 Å².